The van der Waals surface area contributed by atoms with E-state index in [2.05, 4.69) is 15.9 Å². The number of benzene rings is 2. The Morgan fingerprint density at radius 3 is 2.42 bits per heavy atom. The highest BCUT2D eigenvalue weighted by molar-refractivity contribution is 9.10. The summed E-state index contributed by atoms with van der Waals surface area (Å²) in [5, 5.41) is 2.08. The molecule has 0 fully saturated rings. The van der Waals surface area contributed by atoms with Gasteiger partial charge in [-0.1, -0.05) is 36.4 Å². The molecule has 3 rings (SSSR count). The molecule has 3 aromatic rings. The summed E-state index contributed by atoms with van der Waals surface area (Å²) in [4.78, 5) is 12.6. The van der Waals surface area contributed by atoms with Gasteiger partial charge in [0.2, 0.25) is 0 Å². The van der Waals surface area contributed by atoms with Gasteiger partial charge in [0.1, 0.15) is 0 Å². The van der Waals surface area contributed by atoms with Gasteiger partial charge in [0.05, 0.1) is 11.8 Å². The molecule has 0 N–H and O–H groups in total. The first-order chi connectivity index (χ1) is 9.18. The van der Waals surface area contributed by atoms with Crippen LogP contribution in [0, 0.1) is 6.92 Å². The molecule has 3 heteroatoms. The lowest BCUT2D eigenvalue weighted by Gasteiger charge is -2.07. The Bertz CT molecular complexity index is 771. The average Bonchev–Trinajstić information content (AvgIpc) is 2.85. The topological polar surface area (TPSA) is 30.2 Å². The minimum atomic E-state index is -0.0307. The van der Waals surface area contributed by atoms with Crippen molar-refractivity contribution in [2.75, 3.05) is 0 Å². The molecule has 0 unspecified atom stereocenters. The molecule has 2 nitrogen and oxygen atoms in total. The first-order valence-corrected chi connectivity index (χ1v) is 6.74. The van der Waals surface area contributed by atoms with E-state index in [1.807, 2.05) is 43.3 Å². The van der Waals surface area contributed by atoms with Crippen molar-refractivity contribution < 1.29 is 9.21 Å². The average molecular weight is 315 g/mol. The van der Waals surface area contributed by atoms with Crippen LogP contribution >= 0.6 is 15.9 Å². The van der Waals surface area contributed by atoms with Gasteiger partial charge < -0.3 is 4.42 Å². The van der Waals surface area contributed by atoms with Gasteiger partial charge in [-0.2, -0.15) is 0 Å². The standard InChI is InChI=1S/C16H11BrO2/c1-10-6-7-13(12-5-3-2-4-11(10)12)15(18)14-8-9-19-16(14)17/h2-9H,1H3. The number of ketones is 1. The van der Waals surface area contributed by atoms with E-state index in [1.54, 1.807) is 6.07 Å². The summed E-state index contributed by atoms with van der Waals surface area (Å²) in [5.41, 5.74) is 2.41. The Balaban J connectivity index is 2.24. The summed E-state index contributed by atoms with van der Waals surface area (Å²) in [5.74, 6) is -0.0307. The van der Waals surface area contributed by atoms with Crippen LogP contribution in [0.2, 0.25) is 0 Å². The minimum Gasteiger partial charge on any atom is -0.457 e. The number of rotatable bonds is 2. The monoisotopic (exact) mass is 314 g/mol. The Labute approximate surface area is 119 Å². The number of halogens is 1. The molecule has 0 saturated heterocycles. The maximum atomic E-state index is 12.6. The van der Waals surface area contributed by atoms with Crippen molar-refractivity contribution in [3.63, 3.8) is 0 Å². The first kappa shape index (κ1) is 12.2. The van der Waals surface area contributed by atoms with Crippen molar-refractivity contribution in [1.82, 2.24) is 0 Å². The molecule has 0 aliphatic carbocycles. The zero-order chi connectivity index (χ0) is 13.4. The normalized spacial score (nSPS) is 10.8. The van der Waals surface area contributed by atoms with E-state index in [-0.39, 0.29) is 5.78 Å². The number of hydrogen-bond donors (Lipinski definition) is 0. The van der Waals surface area contributed by atoms with E-state index in [0.29, 0.717) is 15.8 Å². The van der Waals surface area contributed by atoms with Gasteiger partial charge in [-0.3, -0.25) is 4.79 Å². The molecule has 1 aromatic heterocycles. The number of hydrogen-bond acceptors (Lipinski definition) is 2. The quantitative estimate of drug-likeness (QED) is 0.640. The van der Waals surface area contributed by atoms with Gasteiger partial charge in [0, 0.05) is 5.56 Å². The summed E-state index contributed by atoms with van der Waals surface area (Å²) in [6.07, 6.45) is 1.51. The molecule has 0 amide bonds. The third kappa shape index (κ3) is 2.00. The summed E-state index contributed by atoms with van der Waals surface area (Å²) >= 11 is 3.26. The second-order valence-electron chi connectivity index (χ2n) is 4.41. The maximum Gasteiger partial charge on any atom is 0.198 e. The Morgan fingerprint density at radius 2 is 1.74 bits per heavy atom. The molecule has 2 aromatic carbocycles. The SMILES string of the molecule is Cc1ccc(C(=O)c2ccoc2Br)c2ccccc12. The third-order valence-corrected chi connectivity index (χ3v) is 3.86. The molecule has 0 spiro atoms. The molecule has 0 bridgehead atoms. The largest absolute Gasteiger partial charge is 0.457 e. The second-order valence-corrected chi connectivity index (χ2v) is 5.13. The van der Waals surface area contributed by atoms with Gasteiger partial charge in [-0.05, 0) is 45.3 Å². The fourth-order valence-electron chi connectivity index (χ4n) is 2.25. The fraction of sp³-hybridized carbons (Fsp3) is 0.0625. The molecule has 94 valence electrons. The number of carbonyl (C=O) groups is 1. The Hall–Kier alpha value is -1.87. The van der Waals surface area contributed by atoms with Gasteiger partial charge in [0.15, 0.2) is 10.5 Å². The number of carbonyl (C=O) groups excluding carboxylic acids is 1. The lowest BCUT2D eigenvalue weighted by Crippen LogP contribution is -2.02. The fourth-order valence-corrected chi connectivity index (χ4v) is 2.67. The molecule has 1 heterocycles. The highest BCUT2D eigenvalue weighted by atomic mass is 79.9. The van der Waals surface area contributed by atoms with Gasteiger partial charge in [-0.25, -0.2) is 0 Å². The molecule has 19 heavy (non-hydrogen) atoms. The van der Waals surface area contributed by atoms with Crippen LogP contribution in [-0.2, 0) is 0 Å². The van der Waals surface area contributed by atoms with Crippen LogP contribution in [0.1, 0.15) is 21.5 Å². The first-order valence-electron chi connectivity index (χ1n) is 5.94. The molecule has 0 saturated carbocycles. The van der Waals surface area contributed by atoms with Gasteiger partial charge in [0.25, 0.3) is 0 Å². The van der Waals surface area contributed by atoms with Crippen LogP contribution in [0.25, 0.3) is 10.8 Å². The van der Waals surface area contributed by atoms with E-state index in [1.165, 1.54) is 11.8 Å². The van der Waals surface area contributed by atoms with Crippen molar-refractivity contribution in [3.05, 3.63) is 70.1 Å². The number of aryl methyl sites for hydroxylation is 1. The van der Waals surface area contributed by atoms with Crippen LogP contribution in [-0.4, -0.2) is 5.78 Å². The van der Waals surface area contributed by atoms with Crippen molar-refractivity contribution in [2.24, 2.45) is 0 Å². The summed E-state index contributed by atoms with van der Waals surface area (Å²) in [6, 6.07) is 13.5. The minimum absolute atomic E-state index is 0.0307. The molecule has 0 atom stereocenters. The molecule has 0 radical (unpaired) electrons. The van der Waals surface area contributed by atoms with Crippen molar-refractivity contribution in [3.8, 4) is 0 Å². The molecular formula is C16H11BrO2. The predicted octanol–water partition coefficient (Wildman–Crippen LogP) is 4.73. The zero-order valence-electron chi connectivity index (χ0n) is 10.3. The lowest BCUT2D eigenvalue weighted by molar-refractivity contribution is 0.103. The summed E-state index contributed by atoms with van der Waals surface area (Å²) in [7, 11) is 0. The zero-order valence-corrected chi connectivity index (χ0v) is 11.9. The Kier molecular flexibility index (Phi) is 2.99. The lowest BCUT2D eigenvalue weighted by atomic mass is 9.96. The number of furan rings is 1. The van der Waals surface area contributed by atoms with Gasteiger partial charge in [-0.15, -0.1) is 0 Å². The van der Waals surface area contributed by atoms with Gasteiger partial charge >= 0.3 is 0 Å². The van der Waals surface area contributed by atoms with E-state index in [9.17, 15) is 4.79 Å². The number of fused-ring (bicyclic) bond motifs is 1. The molecule has 0 aliphatic rings. The smallest absolute Gasteiger partial charge is 0.198 e. The van der Waals surface area contributed by atoms with Crippen molar-refractivity contribution in [2.45, 2.75) is 6.92 Å². The van der Waals surface area contributed by atoms with Crippen LogP contribution in [0.3, 0.4) is 0 Å². The van der Waals surface area contributed by atoms with Crippen LogP contribution in [0.4, 0.5) is 0 Å². The van der Waals surface area contributed by atoms with Crippen molar-refractivity contribution >= 4 is 32.5 Å². The summed E-state index contributed by atoms with van der Waals surface area (Å²) < 4.78 is 5.61. The highest BCUT2D eigenvalue weighted by Gasteiger charge is 2.17. The molecule has 0 aliphatic heterocycles. The van der Waals surface area contributed by atoms with E-state index in [4.69, 9.17) is 4.42 Å². The third-order valence-electron chi connectivity index (χ3n) is 3.25. The van der Waals surface area contributed by atoms with Crippen LogP contribution in [0.5, 0.6) is 0 Å². The maximum absolute atomic E-state index is 12.6. The summed E-state index contributed by atoms with van der Waals surface area (Å²) in [6.45, 7) is 2.05. The Morgan fingerprint density at radius 1 is 1.00 bits per heavy atom. The van der Waals surface area contributed by atoms with Crippen LogP contribution < -0.4 is 0 Å². The van der Waals surface area contributed by atoms with E-state index < -0.39 is 0 Å². The highest BCUT2D eigenvalue weighted by Crippen LogP contribution is 2.27. The van der Waals surface area contributed by atoms with E-state index in [0.717, 1.165) is 10.8 Å². The second kappa shape index (κ2) is 4.67. The molecular weight excluding hydrogens is 304 g/mol. The van der Waals surface area contributed by atoms with Crippen molar-refractivity contribution in [1.29, 1.82) is 0 Å². The van der Waals surface area contributed by atoms with E-state index >= 15 is 0 Å². The predicted molar refractivity (Wildman–Crippen MR) is 78.5 cm³/mol. The van der Waals surface area contributed by atoms with Crippen LogP contribution in [0.15, 0.2) is 57.8 Å².